The first-order valence-corrected chi connectivity index (χ1v) is 11.4. The highest BCUT2D eigenvalue weighted by atomic mass is 32.2. The van der Waals surface area contributed by atoms with E-state index in [9.17, 15) is 14.4 Å². The summed E-state index contributed by atoms with van der Waals surface area (Å²) in [5, 5.41) is 11.3. The molecule has 1 fully saturated rings. The Morgan fingerprint density at radius 2 is 1.75 bits per heavy atom. The molecule has 1 heterocycles. The van der Waals surface area contributed by atoms with E-state index in [1.807, 2.05) is 57.2 Å². The Morgan fingerprint density at radius 1 is 1.16 bits per heavy atom. The van der Waals surface area contributed by atoms with Gasteiger partial charge >= 0.3 is 12.1 Å². The average molecular weight is 462 g/mol. The Kier molecular flexibility index (Phi) is 9.20. The van der Waals surface area contributed by atoms with E-state index in [0.717, 1.165) is 5.56 Å². The van der Waals surface area contributed by atoms with Crippen LogP contribution in [0.5, 0.6) is 0 Å². The molecule has 4 amide bonds. The van der Waals surface area contributed by atoms with Crippen LogP contribution >= 0.6 is 11.9 Å². The molecule has 0 unspecified atom stereocenters. The third-order valence-corrected chi connectivity index (χ3v) is 5.89. The number of nitriles is 1. The zero-order chi connectivity index (χ0) is 23.7. The lowest BCUT2D eigenvalue weighted by atomic mass is 10.2. The Labute approximate surface area is 193 Å². The highest BCUT2D eigenvalue weighted by molar-refractivity contribution is 7.96. The molecule has 10 heteroatoms. The molecular formula is C22H31N5O4S. The van der Waals surface area contributed by atoms with E-state index in [1.54, 1.807) is 16.7 Å². The number of amides is 4. The van der Waals surface area contributed by atoms with Gasteiger partial charge in [0.2, 0.25) is 5.91 Å². The van der Waals surface area contributed by atoms with Gasteiger partial charge < -0.3 is 19.9 Å². The normalized spacial score (nSPS) is 14.8. The van der Waals surface area contributed by atoms with Gasteiger partial charge in [0, 0.05) is 31.9 Å². The number of benzene rings is 1. The van der Waals surface area contributed by atoms with Gasteiger partial charge in [0.25, 0.3) is 0 Å². The molecule has 0 saturated carbocycles. The van der Waals surface area contributed by atoms with Crippen molar-refractivity contribution < 1.29 is 19.1 Å². The van der Waals surface area contributed by atoms with Crippen LogP contribution in [0.4, 0.5) is 9.59 Å². The molecule has 1 aliphatic heterocycles. The van der Waals surface area contributed by atoms with Crippen LogP contribution in [0.3, 0.4) is 0 Å². The maximum absolute atomic E-state index is 13.3. The third kappa shape index (κ3) is 7.64. The summed E-state index contributed by atoms with van der Waals surface area (Å²) in [6, 6.07) is 10.5. The fourth-order valence-electron chi connectivity index (χ4n) is 2.98. The molecule has 1 aromatic rings. The summed E-state index contributed by atoms with van der Waals surface area (Å²) in [7, 11) is 0. The van der Waals surface area contributed by atoms with Crippen molar-refractivity contribution in [1.82, 2.24) is 19.4 Å². The molecule has 1 atom stereocenters. The number of nitrogens with zero attached hydrogens (tertiary/aromatic N) is 4. The lowest BCUT2D eigenvalue weighted by molar-refractivity contribution is -0.123. The van der Waals surface area contributed by atoms with Crippen LogP contribution in [0.15, 0.2) is 30.3 Å². The van der Waals surface area contributed by atoms with Crippen molar-refractivity contribution >= 4 is 30.0 Å². The van der Waals surface area contributed by atoms with E-state index in [0.29, 0.717) is 31.9 Å². The standard InChI is InChI=1S/C22H31N5O4S/c1-17(19(28)24-11-10-23)27(32-16-18-8-6-5-7-9-18)20(29)25-12-14-26(15-13-25)21(30)31-22(2,3)4/h5-9,17H,11-16H2,1-4H3,(H,24,28)/t17-/m1/s1. The lowest BCUT2D eigenvalue weighted by Gasteiger charge is -2.38. The number of nitrogens with one attached hydrogen (secondary N) is 1. The van der Waals surface area contributed by atoms with E-state index in [2.05, 4.69) is 5.32 Å². The Hall–Kier alpha value is -2.93. The second-order valence-electron chi connectivity index (χ2n) is 8.37. The molecule has 1 aromatic carbocycles. The summed E-state index contributed by atoms with van der Waals surface area (Å²) in [4.78, 5) is 41.3. The SMILES string of the molecule is C[C@H](C(=O)NCC#N)N(SCc1ccccc1)C(=O)N1CCN(C(=O)OC(C)(C)C)CC1. The van der Waals surface area contributed by atoms with Crippen LogP contribution in [-0.2, 0) is 15.3 Å². The molecule has 1 saturated heterocycles. The number of piperazine rings is 1. The Morgan fingerprint density at radius 3 is 2.31 bits per heavy atom. The molecule has 0 aliphatic carbocycles. The second kappa shape index (κ2) is 11.6. The van der Waals surface area contributed by atoms with Crippen LogP contribution in [0.1, 0.15) is 33.3 Å². The molecular weight excluding hydrogens is 430 g/mol. The molecule has 32 heavy (non-hydrogen) atoms. The first-order valence-electron chi connectivity index (χ1n) is 10.5. The first-order chi connectivity index (χ1) is 15.1. The van der Waals surface area contributed by atoms with Crippen molar-refractivity contribution in [2.24, 2.45) is 0 Å². The van der Waals surface area contributed by atoms with Crippen molar-refractivity contribution in [2.45, 2.75) is 45.1 Å². The van der Waals surface area contributed by atoms with E-state index >= 15 is 0 Å². The second-order valence-corrected chi connectivity index (χ2v) is 9.31. The molecule has 0 bridgehead atoms. The molecule has 1 aliphatic rings. The quantitative estimate of drug-likeness (QED) is 0.516. The zero-order valence-electron chi connectivity index (χ0n) is 19.0. The molecule has 9 nitrogen and oxygen atoms in total. The first kappa shape index (κ1) is 25.3. The smallest absolute Gasteiger partial charge is 0.410 e. The van der Waals surface area contributed by atoms with Crippen molar-refractivity contribution in [1.29, 1.82) is 5.26 Å². The van der Waals surface area contributed by atoms with Gasteiger partial charge in [-0.1, -0.05) is 30.3 Å². The van der Waals surface area contributed by atoms with Crippen LogP contribution in [0, 0.1) is 11.3 Å². The summed E-state index contributed by atoms with van der Waals surface area (Å²) in [5.41, 5.74) is 0.441. The zero-order valence-corrected chi connectivity index (χ0v) is 19.9. The van der Waals surface area contributed by atoms with Gasteiger partial charge in [-0.2, -0.15) is 5.26 Å². The maximum Gasteiger partial charge on any atom is 0.410 e. The van der Waals surface area contributed by atoms with E-state index in [-0.39, 0.29) is 12.6 Å². The van der Waals surface area contributed by atoms with Crippen LogP contribution in [-0.4, -0.2) is 76.5 Å². The molecule has 0 spiro atoms. The molecule has 174 valence electrons. The van der Waals surface area contributed by atoms with Gasteiger partial charge in [-0.05, 0) is 45.2 Å². The van der Waals surface area contributed by atoms with Crippen molar-refractivity contribution in [2.75, 3.05) is 32.7 Å². The Bertz CT molecular complexity index is 829. The predicted molar refractivity (Wildman–Crippen MR) is 122 cm³/mol. The van der Waals surface area contributed by atoms with Gasteiger partial charge in [-0.25, -0.2) is 9.59 Å². The lowest BCUT2D eigenvalue weighted by Crippen LogP contribution is -2.56. The van der Waals surface area contributed by atoms with E-state index < -0.39 is 23.6 Å². The number of ether oxygens (including phenoxy) is 1. The summed E-state index contributed by atoms with van der Waals surface area (Å²) >= 11 is 1.25. The number of hydrogen-bond acceptors (Lipinski definition) is 6. The van der Waals surface area contributed by atoms with Gasteiger partial charge in [0.1, 0.15) is 18.2 Å². The summed E-state index contributed by atoms with van der Waals surface area (Å²) in [6.45, 7) is 8.34. The van der Waals surface area contributed by atoms with Gasteiger partial charge in [0.15, 0.2) is 0 Å². The minimum atomic E-state index is -0.770. The van der Waals surface area contributed by atoms with Gasteiger partial charge in [0.05, 0.1) is 6.07 Å². The molecule has 0 aromatic heterocycles. The maximum atomic E-state index is 13.3. The minimum Gasteiger partial charge on any atom is -0.444 e. The third-order valence-electron chi connectivity index (χ3n) is 4.68. The van der Waals surface area contributed by atoms with Crippen LogP contribution in [0.2, 0.25) is 0 Å². The summed E-state index contributed by atoms with van der Waals surface area (Å²) in [5.74, 6) is 0.119. The van der Waals surface area contributed by atoms with Gasteiger partial charge in [-0.3, -0.25) is 9.10 Å². The number of carbonyl (C=O) groups excluding carboxylic acids is 3. The number of carbonyl (C=O) groups is 3. The highest BCUT2D eigenvalue weighted by Crippen LogP contribution is 2.23. The van der Waals surface area contributed by atoms with Crippen LogP contribution < -0.4 is 5.32 Å². The van der Waals surface area contributed by atoms with Crippen molar-refractivity contribution in [3.05, 3.63) is 35.9 Å². The fourth-order valence-corrected chi connectivity index (χ4v) is 4.00. The van der Waals surface area contributed by atoms with Crippen molar-refractivity contribution in [3.63, 3.8) is 0 Å². The molecule has 0 radical (unpaired) electrons. The van der Waals surface area contributed by atoms with Crippen molar-refractivity contribution in [3.8, 4) is 6.07 Å². The number of hydrogen-bond donors (Lipinski definition) is 1. The minimum absolute atomic E-state index is 0.122. The van der Waals surface area contributed by atoms with Crippen LogP contribution in [0.25, 0.3) is 0 Å². The van der Waals surface area contributed by atoms with E-state index in [1.165, 1.54) is 16.3 Å². The van der Waals surface area contributed by atoms with E-state index in [4.69, 9.17) is 10.00 Å². The monoisotopic (exact) mass is 461 g/mol. The van der Waals surface area contributed by atoms with Gasteiger partial charge in [-0.15, -0.1) is 0 Å². The summed E-state index contributed by atoms with van der Waals surface area (Å²) < 4.78 is 6.85. The Balaban J connectivity index is 2.04. The average Bonchev–Trinajstić information content (AvgIpc) is 2.76. The number of rotatable bonds is 6. The largest absolute Gasteiger partial charge is 0.444 e. The highest BCUT2D eigenvalue weighted by Gasteiger charge is 2.33. The topological polar surface area (TPSA) is 106 Å². The summed E-state index contributed by atoms with van der Waals surface area (Å²) in [6.07, 6.45) is -0.399. The predicted octanol–water partition coefficient (Wildman–Crippen LogP) is 2.84. The number of urea groups is 1. The molecule has 2 rings (SSSR count). The fraction of sp³-hybridized carbons (Fsp3) is 0.545. The molecule has 1 N–H and O–H groups in total.